The van der Waals surface area contributed by atoms with E-state index in [1.54, 1.807) is 18.2 Å². The molecule has 0 spiro atoms. The van der Waals surface area contributed by atoms with E-state index in [0.29, 0.717) is 10.2 Å². The molecule has 0 aliphatic carbocycles. The quantitative estimate of drug-likeness (QED) is 0.475. The summed E-state index contributed by atoms with van der Waals surface area (Å²) in [6.07, 6.45) is 3.07. The molecule has 24 heavy (non-hydrogen) atoms. The average Bonchev–Trinajstić information content (AvgIpc) is 2.56. The number of nitrogens with zero attached hydrogens (tertiary/aromatic N) is 1. The van der Waals surface area contributed by atoms with Crippen molar-refractivity contribution in [1.29, 1.82) is 5.26 Å². The van der Waals surface area contributed by atoms with Gasteiger partial charge in [-0.3, -0.25) is 0 Å². The molecule has 0 bridgehead atoms. The Labute approximate surface area is 147 Å². The van der Waals surface area contributed by atoms with Crippen molar-refractivity contribution < 1.29 is 13.5 Å². The highest BCUT2D eigenvalue weighted by molar-refractivity contribution is 9.11. The Morgan fingerprint density at radius 3 is 2.58 bits per heavy atom. The summed E-state index contributed by atoms with van der Waals surface area (Å²) < 4.78 is 33.6. The minimum absolute atomic E-state index is 0.0103. The Kier molecular flexibility index (Phi) is 5.67. The molecule has 0 N–H and O–H groups in total. The minimum atomic E-state index is -0.628. The van der Waals surface area contributed by atoms with Gasteiger partial charge in [-0.05, 0) is 46.3 Å². The predicted octanol–water partition coefficient (Wildman–Crippen LogP) is 5.86. The van der Waals surface area contributed by atoms with E-state index in [0.717, 1.165) is 18.2 Å². The predicted molar refractivity (Wildman–Crippen MR) is 93.5 cm³/mol. The number of hydrogen-bond donors (Lipinski definition) is 0. The van der Waals surface area contributed by atoms with Crippen LogP contribution in [0.5, 0.6) is 5.75 Å². The molecular formula is C19H12BrF2NO. The third-order valence-corrected chi connectivity index (χ3v) is 3.50. The largest absolute Gasteiger partial charge is 0.455 e. The van der Waals surface area contributed by atoms with Crippen LogP contribution in [0.1, 0.15) is 5.56 Å². The monoisotopic (exact) mass is 387 g/mol. The van der Waals surface area contributed by atoms with E-state index < -0.39 is 11.6 Å². The highest BCUT2D eigenvalue weighted by Crippen LogP contribution is 2.34. The van der Waals surface area contributed by atoms with Crippen LogP contribution in [0, 0.1) is 23.0 Å². The Morgan fingerprint density at radius 1 is 1.21 bits per heavy atom. The van der Waals surface area contributed by atoms with E-state index in [1.165, 1.54) is 12.1 Å². The van der Waals surface area contributed by atoms with Gasteiger partial charge in [-0.2, -0.15) is 5.26 Å². The number of allylic oxidation sites excluding steroid dienone is 3. The van der Waals surface area contributed by atoms with E-state index in [1.807, 2.05) is 6.07 Å². The molecule has 0 amide bonds. The summed E-state index contributed by atoms with van der Waals surface area (Å²) in [4.78, 5) is 0. The number of hydrogen-bond acceptors (Lipinski definition) is 2. The lowest BCUT2D eigenvalue weighted by Crippen LogP contribution is -1.99. The molecule has 0 aromatic heterocycles. The molecule has 2 nitrogen and oxygen atoms in total. The zero-order valence-corrected chi connectivity index (χ0v) is 14.1. The standard InChI is InChI=1S/C19H12BrF2NO/c1-3-5-18(12(2)20)24-19-7-4-6-14(16(19)11-23)15-10-13(21)8-9-17(15)22/h3-10H,1-2H2. The highest BCUT2D eigenvalue weighted by atomic mass is 79.9. The highest BCUT2D eigenvalue weighted by Gasteiger charge is 2.16. The first kappa shape index (κ1) is 17.6. The molecule has 0 saturated heterocycles. The van der Waals surface area contributed by atoms with Gasteiger partial charge in [0.1, 0.15) is 34.8 Å². The zero-order valence-electron chi connectivity index (χ0n) is 12.5. The Balaban J connectivity index is 2.60. The van der Waals surface area contributed by atoms with E-state index >= 15 is 0 Å². The van der Waals surface area contributed by atoms with Crippen LogP contribution in [0.25, 0.3) is 11.1 Å². The second kappa shape index (κ2) is 7.71. The lowest BCUT2D eigenvalue weighted by Gasteiger charge is -2.13. The fourth-order valence-corrected chi connectivity index (χ4v) is 2.28. The molecule has 0 unspecified atom stereocenters. The third kappa shape index (κ3) is 3.79. The molecule has 0 heterocycles. The maximum atomic E-state index is 14.1. The molecule has 120 valence electrons. The van der Waals surface area contributed by atoms with Crippen LogP contribution in [-0.4, -0.2) is 0 Å². The van der Waals surface area contributed by atoms with Crippen molar-refractivity contribution in [2.24, 2.45) is 0 Å². The summed E-state index contributed by atoms with van der Waals surface area (Å²) in [7, 11) is 0. The molecule has 0 atom stereocenters. The van der Waals surface area contributed by atoms with Gasteiger partial charge >= 0.3 is 0 Å². The molecule has 2 rings (SSSR count). The van der Waals surface area contributed by atoms with Gasteiger partial charge in [-0.25, -0.2) is 8.78 Å². The number of rotatable bonds is 5. The number of benzene rings is 2. The van der Waals surface area contributed by atoms with Crippen LogP contribution in [-0.2, 0) is 0 Å². The van der Waals surface area contributed by atoms with Gasteiger partial charge in [0.15, 0.2) is 0 Å². The Morgan fingerprint density at radius 2 is 1.96 bits per heavy atom. The van der Waals surface area contributed by atoms with Crippen molar-refractivity contribution in [1.82, 2.24) is 0 Å². The normalized spacial score (nSPS) is 10.8. The number of nitriles is 1. The van der Waals surface area contributed by atoms with Crippen molar-refractivity contribution >= 4 is 15.9 Å². The fraction of sp³-hybridized carbons (Fsp3) is 0. The third-order valence-electron chi connectivity index (χ3n) is 3.11. The summed E-state index contributed by atoms with van der Waals surface area (Å²) >= 11 is 3.20. The van der Waals surface area contributed by atoms with Gasteiger partial charge in [-0.15, -0.1) is 0 Å². The van der Waals surface area contributed by atoms with Crippen LogP contribution in [0.3, 0.4) is 0 Å². The fourth-order valence-electron chi connectivity index (χ4n) is 2.07. The van der Waals surface area contributed by atoms with Gasteiger partial charge in [0.25, 0.3) is 0 Å². The molecule has 5 heteroatoms. The second-order valence-corrected chi connectivity index (χ2v) is 5.65. The molecule has 0 saturated carbocycles. The van der Waals surface area contributed by atoms with Crippen LogP contribution < -0.4 is 4.74 Å². The SMILES string of the molecule is C=CC=C(Oc1cccc(-c2cc(F)ccc2F)c1C#N)C(=C)Br. The summed E-state index contributed by atoms with van der Waals surface area (Å²) in [5, 5.41) is 9.48. The lowest BCUT2D eigenvalue weighted by atomic mass is 9.99. The molecule has 2 aromatic carbocycles. The maximum Gasteiger partial charge on any atom is 0.145 e. The average molecular weight is 388 g/mol. The summed E-state index contributed by atoms with van der Waals surface area (Å²) in [6.45, 7) is 7.29. The zero-order chi connectivity index (χ0) is 17.7. The van der Waals surface area contributed by atoms with Crippen LogP contribution in [0.2, 0.25) is 0 Å². The van der Waals surface area contributed by atoms with Crippen LogP contribution >= 0.6 is 15.9 Å². The number of ether oxygens (including phenoxy) is 1. The summed E-state index contributed by atoms with van der Waals surface area (Å²) in [5.41, 5.74) is 0.319. The molecule has 0 radical (unpaired) electrons. The van der Waals surface area contributed by atoms with Crippen LogP contribution in [0.4, 0.5) is 8.78 Å². The van der Waals surface area contributed by atoms with Crippen molar-refractivity contribution in [2.45, 2.75) is 0 Å². The van der Waals surface area contributed by atoms with Crippen molar-refractivity contribution in [3.05, 3.63) is 89.1 Å². The molecule has 2 aromatic rings. The lowest BCUT2D eigenvalue weighted by molar-refractivity contribution is 0.442. The smallest absolute Gasteiger partial charge is 0.145 e. The molecule has 0 aliphatic heterocycles. The van der Waals surface area contributed by atoms with Gasteiger partial charge in [-0.1, -0.05) is 31.4 Å². The van der Waals surface area contributed by atoms with Crippen molar-refractivity contribution in [3.63, 3.8) is 0 Å². The molecular weight excluding hydrogens is 376 g/mol. The molecule has 0 fully saturated rings. The van der Waals surface area contributed by atoms with E-state index in [9.17, 15) is 14.0 Å². The van der Waals surface area contributed by atoms with Crippen molar-refractivity contribution in [3.8, 4) is 22.9 Å². The maximum absolute atomic E-state index is 14.1. The first-order valence-electron chi connectivity index (χ1n) is 6.81. The minimum Gasteiger partial charge on any atom is -0.455 e. The first-order valence-corrected chi connectivity index (χ1v) is 7.61. The topological polar surface area (TPSA) is 33.0 Å². The van der Waals surface area contributed by atoms with Crippen LogP contribution in [0.15, 0.2) is 71.9 Å². The van der Waals surface area contributed by atoms with Gasteiger partial charge in [0, 0.05) is 11.1 Å². The van der Waals surface area contributed by atoms with E-state index in [2.05, 4.69) is 29.1 Å². The molecule has 0 aliphatic rings. The first-order chi connectivity index (χ1) is 11.5. The van der Waals surface area contributed by atoms with Gasteiger partial charge in [0.2, 0.25) is 0 Å². The Hall–Kier alpha value is -2.71. The van der Waals surface area contributed by atoms with Gasteiger partial charge < -0.3 is 4.74 Å². The van der Waals surface area contributed by atoms with Crippen molar-refractivity contribution in [2.75, 3.05) is 0 Å². The summed E-state index contributed by atoms with van der Waals surface area (Å²) in [6, 6.07) is 9.75. The summed E-state index contributed by atoms with van der Waals surface area (Å²) in [5.74, 6) is -0.676. The van der Waals surface area contributed by atoms with Gasteiger partial charge in [0.05, 0.1) is 4.48 Å². The Bertz CT molecular complexity index is 881. The second-order valence-electron chi connectivity index (χ2n) is 4.69. The number of halogens is 3. The van der Waals surface area contributed by atoms with E-state index in [4.69, 9.17) is 4.74 Å². The van der Waals surface area contributed by atoms with E-state index in [-0.39, 0.29) is 22.4 Å².